The fourth-order valence-electron chi connectivity index (χ4n) is 1.11. The molecule has 0 fully saturated rings. The second-order valence-corrected chi connectivity index (χ2v) is 4.99. The first-order chi connectivity index (χ1) is 8.76. The van der Waals surface area contributed by atoms with Gasteiger partial charge in [-0.25, -0.2) is 4.79 Å². The van der Waals surface area contributed by atoms with Gasteiger partial charge in [-0.1, -0.05) is 0 Å². The summed E-state index contributed by atoms with van der Waals surface area (Å²) in [5, 5.41) is 2.60. The lowest BCUT2D eigenvalue weighted by Gasteiger charge is -2.19. The number of esters is 1. The fraction of sp³-hybridized carbons (Fsp3) is 0.833. The Morgan fingerprint density at radius 3 is 2.47 bits per heavy atom. The summed E-state index contributed by atoms with van der Waals surface area (Å²) in [7, 11) is 1.27. The zero-order valence-corrected chi connectivity index (χ0v) is 12.0. The van der Waals surface area contributed by atoms with Gasteiger partial charge in [0.2, 0.25) is 0 Å². The number of alkyl carbamates (subject to hydrolysis) is 1. The molecule has 0 saturated carbocycles. The monoisotopic (exact) mass is 276 g/mol. The molecule has 0 heterocycles. The number of hydrogen-bond acceptors (Lipinski definition) is 6. The maximum absolute atomic E-state index is 11.3. The average Bonchev–Trinajstić information content (AvgIpc) is 2.29. The molecule has 0 radical (unpaired) electrons. The largest absolute Gasteiger partial charge is 0.468 e. The van der Waals surface area contributed by atoms with Crippen molar-refractivity contribution >= 4 is 12.1 Å². The molecule has 0 spiro atoms. The molecule has 0 rings (SSSR count). The van der Waals surface area contributed by atoms with Crippen molar-refractivity contribution < 1.29 is 23.8 Å². The van der Waals surface area contributed by atoms with Crippen LogP contribution in [0.5, 0.6) is 0 Å². The number of methoxy groups -OCH3 is 1. The molecule has 0 aliphatic carbocycles. The van der Waals surface area contributed by atoms with Gasteiger partial charge in [0.05, 0.1) is 13.7 Å². The highest BCUT2D eigenvalue weighted by Gasteiger charge is 2.15. The summed E-state index contributed by atoms with van der Waals surface area (Å²) in [6, 6.07) is -0.774. The summed E-state index contributed by atoms with van der Waals surface area (Å²) in [5.41, 5.74) is 4.96. The first kappa shape index (κ1) is 17.7. The third-order valence-electron chi connectivity index (χ3n) is 1.94. The Kier molecular flexibility index (Phi) is 8.09. The smallest absolute Gasteiger partial charge is 0.407 e. The first-order valence-electron chi connectivity index (χ1n) is 6.14. The summed E-state index contributed by atoms with van der Waals surface area (Å²) < 4.78 is 14.7. The van der Waals surface area contributed by atoms with Crippen LogP contribution >= 0.6 is 0 Å². The Labute approximate surface area is 113 Å². The van der Waals surface area contributed by atoms with Crippen molar-refractivity contribution in [3.05, 3.63) is 0 Å². The molecule has 0 aromatic rings. The van der Waals surface area contributed by atoms with Crippen LogP contribution in [-0.2, 0) is 19.0 Å². The van der Waals surface area contributed by atoms with E-state index < -0.39 is 23.7 Å². The van der Waals surface area contributed by atoms with Crippen molar-refractivity contribution in [3.63, 3.8) is 0 Å². The van der Waals surface area contributed by atoms with Gasteiger partial charge in [-0.15, -0.1) is 0 Å². The van der Waals surface area contributed by atoms with Crippen LogP contribution < -0.4 is 11.1 Å². The molecule has 0 aliphatic heterocycles. The molecule has 1 unspecified atom stereocenters. The molecular weight excluding hydrogens is 252 g/mol. The Balaban J connectivity index is 3.51. The number of nitrogens with two attached hydrogens (primary N) is 1. The van der Waals surface area contributed by atoms with Crippen molar-refractivity contribution in [2.75, 3.05) is 26.9 Å². The number of carbonyl (C=O) groups is 2. The van der Waals surface area contributed by atoms with Gasteiger partial charge < -0.3 is 25.3 Å². The van der Waals surface area contributed by atoms with Gasteiger partial charge >= 0.3 is 12.1 Å². The normalized spacial score (nSPS) is 12.7. The van der Waals surface area contributed by atoms with Gasteiger partial charge in [-0.05, 0) is 27.2 Å². The van der Waals surface area contributed by atoms with E-state index in [0.717, 1.165) is 0 Å². The van der Waals surface area contributed by atoms with Crippen LogP contribution in [0.25, 0.3) is 0 Å². The number of amides is 1. The van der Waals surface area contributed by atoms with Crippen LogP contribution in [0.15, 0.2) is 0 Å². The third-order valence-corrected chi connectivity index (χ3v) is 1.94. The standard InChI is InChI=1S/C12H24N2O5/c1-12(2,3)19-11(16)14-6-5-7-18-8-9(13)10(15)17-4/h9H,5-8,13H2,1-4H3,(H,14,16). The van der Waals surface area contributed by atoms with Gasteiger partial charge in [-0.3, -0.25) is 4.79 Å². The highest BCUT2D eigenvalue weighted by Crippen LogP contribution is 2.06. The molecular formula is C12H24N2O5. The minimum Gasteiger partial charge on any atom is -0.468 e. The Hall–Kier alpha value is -1.34. The zero-order chi connectivity index (χ0) is 14.9. The molecule has 0 aliphatic rings. The number of nitrogens with one attached hydrogen (secondary N) is 1. The SMILES string of the molecule is COC(=O)C(N)COCCCNC(=O)OC(C)(C)C. The van der Waals surface area contributed by atoms with Crippen molar-refractivity contribution in [2.45, 2.75) is 38.8 Å². The van der Waals surface area contributed by atoms with Crippen LogP contribution in [0.1, 0.15) is 27.2 Å². The highest BCUT2D eigenvalue weighted by atomic mass is 16.6. The molecule has 3 N–H and O–H groups in total. The van der Waals surface area contributed by atoms with E-state index in [9.17, 15) is 9.59 Å². The lowest BCUT2D eigenvalue weighted by Crippen LogP contribution is -2.36. The van der Waals surface area contributed by atoms with Crippen molar-refractivity contribution in [1.29, 1.82) is 0 Å². The average molecular weight is 276 g/mol. The Morgan fingerprint density at radius 1 is 1.32 bits per heavy atom. The van der Waals surface area contributed by atoms with E-state index in [-0.39, 0.29) is 6.61 Å². The van der Waals surface area contributed by atoms with Crippen molar-refractivity contribution in [3.8, 4) is 0 Å². The molecule has 1 atom stereocenters. The third kappa shape index (κ3) is 10.3. The first-order valence-corrected chi connectivity index (χ1v) is 6.14. The number of ether oxygens (including phenoxy) is 3. The lowest BCUT2D eigenvalue weighted by molar-refractivity contribution is -0.143. The van der Waals surface area contributed by atoms with Gasteiger partial charge in [0.15, 0.2) is 0 Å². The van der Waals surface area contributed by atoms with Gasteiger partial charge in [-0.2, -0.15) is 0 Å². The van der Waals surface area contributed by atoms with Crippen LogP contribution in [0.3, 0.4) is 0 Å². The van der Waals surface area contributed by atoms with E-state index >= 15 is 0 Å². The van der Waals surface area contributed by atoms with E-state index in [4.69, 9.17) is 15.2 Å². The molecule has 19 heavy (non-hydrogen) atoms. The van der Waals surface area contributed by atoms with Gasteiger partial charge in [0.1, 0.15) is 11.6 Å². The molecule has 0 aromatic carbocycles. The number of rotatable bonds is 7. The van der Waals surface area contributed by atoms with Crippen LogP contribution in [0, 0.1) is 0 Å². The number of carbonyl (C=O) groups excluding carboxylic acids is 2. The van der Waals surface area contributed by atoms with Crippen LogP contribution in [-0.4, -0.2) is 50.6 Å². The summed E-state index contributed by atoms with van der Waals surface area (Å²) in [6.07, 6.45) is 0.145. The Morgan fingerprint density at radius 2 is 1.95 bits per heavy atom. The summed E-state index contributed by atoms with van der Waals surface area (Å²) in [6.45, 7) is 6.31. The van der Waals surface area contributed by atoms with Crippen molar-refractivity contribution in [2.24, 2.45) is 5.73 Å². The van der Waals surface area contributed by atoms with E-state index in [1.165, 1.54) is 7.11 Å². The molecule has 0 bridgehead atoms. The lowest BCUT2D eigenvalue weighted by atomic mass is 10.2. The molecule has 0 aromatic heterocycles. The van der Waals surface area contributed by atoms with Gasteiger partial charge in [0, 0.05) is 13.2 Å². The maximum atomic E-state index is 11.3. The van der Waals surface area contributed by atoms with Gasteiger partial charge in [0.25, 0.3) is 0 Å². The molecule has 7 heteroatoms. The minimum absolute atomic E-state index is 0.0963. The van der Waals surface area contributed by atoms with E-state index in [0.29, 0.717) is 19.6 Å². The summed E-state index contributed by atoms with van der Waals surface area (Å²) >= 11 is 0. The van der Waals surface area contributed by atoms with Crippen LogP contribution in [0.4, 0.5) is 4.79 Å². The van der Waals surface area contributed by atoms with E-state index in [1.54, 1.807) is 20.8 Å². The molecule has 7 nitrogen and oxygen atoms in total. The second-order valence-electron chi connectivity index (χ2n) is 4.99. The zero-order valence-electron chi connectivity index (χ0n) is 12.0. The quantitative estimate of drug-likeness (QED) is 0.516. The van der Waals surface area contributed by atoms with E-state index in [2.05, 4.69) is 10.1 Å². The predicted octanol–water partition coefficient (Wildman–Crippen LogP) is 0.418. The van der Waals surface area contributed by atoms with Crippen molar-refractivity contribution in [1.82, 2.24) is 5.32 Å². The van der Waals surface area contributed by atoms with Crippen LogP contribution in [0.2, 0.25) is 0 Å². The number of hydrogen-bond donors (Lipinski definition) is 2. The molecule has 112 valence electrons. The van der Waals surface area contributed by atoms with E-state index in [1.807, 2.05) is 0 Å². The summed E-state index contributed by atoms with van der Waals surface area (Å²) in [4.78, 5) is 22.2. The Bertz CT molecular complexity index is 288. The molecule has 1 amide bonds. The predicted molar refractivity (Wildman–Crippen MR) is 69.7 cm³/mol. The summed E-state index contributed by atoms with van der Waals surface area (Å²) in [5.74, 6) is -0.508. The highest BCUT2D eigenvalue weighted by molar-refractivity contribution is 5.75. The fourth-order valence-corrected chi connectivity index (χ4v) is 1.11. The molecule has 0 saturated heterocycles. The minimum atomic E-state index is -0.774. The topological polar surface area (TPSA) is 99.9 Å². The maximum Gasteiger partial charge on any atom is 0.407 e. The second kappa shape index (κ2) is 8.71.